The average molecular weight is 621 g/mol. The highest BCUT2D eigenvalue weighted by molar-refractivity contribution is 9.11. The van der Waals surface area contributed by atoms with Crippen molar-refractivity contribution in [3.63, 3.8) is 0 Å². The molecule has 13 heteroatoms. The summed E-state index contributed by atoms with van der Waals surface area (Å²) in [5, 5.41) is 17.2. The van der Waals surface area contributed by atoms with Crippen LogP contribution in [0.2, 0.25) is 0 Å². The molecule has 0 aliphatic rings. The number of benzene rings is 2. The van der Waals surface area contributed by atoms with Crippen molar-refractivity contribution in [3.8, 4) is 6.07 Å². The fourth-order valence-corrected chi connectivity index (χ4v) is 4.52. The first-order chi connectivity index (χ1) is 16.2. The van der Waals surface area contributed by atoms with E-state index in [9.17, 15) is 31.6 Å². The van der Waals surface area contributed by atoms with E-state index < -0.39 is 29.2 Å². The summed E-state index contributed by atoms with van der Waals surface area (Å²) in [6.07, 6.45) is -9.41. The van der Waals surface area contributed by atoms with Crippen LogP contribution < -0.4 is 5.73 Å². The van der Waals surface area contributed by atoms with Crippen molar-refractivity contribution in [1.29, 1.82) is 5.26 Å². The van der Waals surface area contributed by atoms with E-state index in [1.165, 1.54) is 25.1 Å². The number of nitriles is 1. The molecule has 0 saturated carbocycles. The highest BCUT2D eigenvalue weighted by Gasteiger charge is 2.35. The molecule has 5 nitrogen and oxygen atoms in total. The summed E-state index contributed by atoms with van der Waals surface area (Å²) in [5.74, 6) is -0.242. The predicted molar refractivity (Wildman–Crippen MR) is 123 cm³/mol. The van der Waals surface area contributed by atoms with Crippen molar-refractivity contribution in [2.75, 3.05) is 5.73 Å². The fourth-order valence-electron chi connectivity index (χ4n) is 3.22. The lowest BCUT2D eigenvalue weighted by molar-refractivity contribution is -0.138. The number of aromatic nitrogens is 1. The number of azo groups is 1. The van der Waals surface area contributed by atoms with Gasteiger partial charge in [0.1, 0.15) is 17.4 Å². The lowest BCUT2D eigenvalue weighted by Crippen LogP contribution is -2.07. The SMILES string of the molecule is Cc1c(C#N)c(Cc2cccc(C(F)(F)F)c2)nc(N)c1N=Nc1c(Br)cc(Br)cc1C(F)(F)F. The van der Waals surface area contributed by atoms with Gasteiger partial charge in [-0.25, -0.2) is 4.98 Å². The first-order valence-electron chi connectivity index (χ1n) is 9.55. The molecule has 2 aromatic carbocycles. The minimum atomic E-state index is -4.73. The third-order valence-electron chi connectivity index (χ3n) is 4.84. The molecule has 35 heavy (non-hydrogen) atoms. The summed E-state index contributed by atoms with van der Waals surface area (Å²) in [4.78, 5) is 4.09. The molecule has 0 atom stereocenters. The standard InChI is InChI=1S/C22H13Br2F6N5/c1-10-14(9-31)17(6-11-3-2-4-12(5-11)21(25,26)27)33-20(32)18(10)34-35-19-15(22(28,29)30)7-13(23)8-16(19)24/h2-5,7-8H,6H2,1H3,(H2,32,33). The maximum absolute atomic E-state index is 13.5. The van der Waals surface area contributed by atoms with Crippen LogP contribution in [-0.2, 0) is 18.8 Å². The normalized spacial score (nSPS) is 12.2. The topological polar surface area (TPSA) is 87.4 Å². The van der Waals surface area contributed by atoms with Crippen LogP contribution in [0.1, 0.15) is 33.5 Å². The quantitative estimate of drug-likeness (QED) is 0.235. The van der Waals surface area contributed by atoms with Gasteiger partial charge in [0.15, 0.2) is 5.82 Å². The van der Waals surface area contributed by atoms with Gasteiger partial charge in [0, 0.05) is 15.4 Å². The molecule has 0 fully saturated rings. The van der Waals surface area contributed by atoms with Crippen LogP contribution in [0, 0.1) is 18.3 Å². The maximum atomic E-state index is 13.5. The van der Waals surface area contributed by atoms with Gasteiger partial charge in [0.2, 0.25) is 0 Å². The average Bonchev–Trinajstić information content (AvgIpc) is 2.73. The van der Waals surface area contributed by atoms with Gasteiger partial charge in [0.05, 0.1) is 22.4 Å². The van der Waals surface area contributed by atoms with Gasteiger partial charge in [-0.1, -0.05) is 34.1 Å². The molecule has 3 aromatic rings. The molecule has 0 bridgehead atoms. The zero-order valence-electron chi connectivity index (χ0n) is 17.6. The Hall–Kier alpha value is -2.98. The second-order valence-electron chi connectivity index (χ2n) is 7.26. The van der Waals surface area contributed by atoms with Gasteiger partial charge in [-0.15, -0.1) is 10.2 Å². The molecule has 0 unspecified atom stereocenters. The Balaban J connectivity index is 2.06. The molecule has 0 aliphatic heterocycles. The zero-order chi connectivity index (χ0) is 26.1. The lowest BCUT2D eigenvalue weighted by atomic mass is 10.00. The molecule has 0 radical (unpaired) electrons. The van der Waals surface area contributed by atoms with Crippen LogP contribution in [0.25, 0.3) is 0 Å². The van der Waals surface area contributed by atoms with Gasteiger partial charge >= 0.3 is 12.4 Å². The molecular formula is C22H13Br2F6N5. The molecule has 0 amide bonds. The van der Waals surface area contributed by atoms with E-state index in [1.54, 1.807) is 0 Å². The molecule has 0 aliphatic carbocycles. The van der Waals surface area contributed by atoms with E-state index in [0.717, 1.165) is 18.2 Å². The number of nitrogens with zero attached hydrogens (tertiary/aromatic N) is 4. The molecule has 182 valence electrons. The van der Waals surface area contributed by atoms with Crippen LogP contribution in [0.5, 0.6) is 0 Å². The molecule has 3 rings (SSSR count). The molecule has 0 saturated heterocycles. The Bertz CT molecular complexity index is 1360. The number of pyridine rings is 1. The number of hydrogen-bond acceptors (Lipinski definition) is 5. The van der Waals surface area contributed by atoms with E-state index in [1.807, 2.05) is 6.07 Å². The van der Waals surface area contributed by atoms with Crippen molar-refractivity contribution in [1.82, 2.24) is 4.98 Å². The smallest absolute Gasteiger partial charge is 0.382 e. The first-order valence-corrected chi connectivity index (χ1v) is 11.1. The largest absolute Gasteiger partial charge is 0.418 e. The number of nitrogens with two attached hydrogens (primary N) is 1. The Morgan fingerprint density at radius 3 is 2.26 bits per heavy atom. The molecule has 0 spiro atoms. The second-order valence-corrected chi connectivity index (χ2v) is 9.03. The Morgan fingerprint density at radius 1 is 1.00 bits per heavy atom. The Labute approximate surface area is 211 Å². The summed E-state index contributed by atoms with van der Waals surface area (Å²) in [6.45, 7) is 1.45. The minimum Gasteiger partial charge on any atom is -0.382 e. The summed E-state index contributed by atoms with van der Waals surface area (Å²) < 4.78 is 79.7. The van der Waals surface area contributed by atoms with Gasteiger partial charge in [0.25, 0.3) is 0 Å². The second kappa shape index (κ2) is 9.94. The highest BCUT2D eigenvalue weighted by atomic mass is 79.9. The van der Waals surface area contributed by atoms with E-state index in [4.69, 9.17) is 5.73 Å². The third-order valence-corrected chi connectivity index (χ3v) is 5.90. The first kappa shape index (κ1) is 26.6. The predicted octanol–water partition coefficient (Wildman–Crippen LogP) is 8.41. The van der Waals surface area contributed by atoms with Crippen LogP contribution >= 0.6 is 31.9 Å². The van der Waals surface area contributed by atoms with Crippen LogP contribution in [0.3, 0.4) is 0 Å². The minimum absolute atomic E-state index is 0.00815. The number of rotatable bonds is 4. The number of hydrogen-bond donors (Lipinski definition) is 1. The lowest BCUT2D eigenvalue weighted by Gasteiger charge is -2.13. The number of alkyl halides is 6. The molecule has 2 N–H and O–H groups in total. The van der Waals surface area contributed by atoms with Crippen LogP contribution in [0.15, 0.2) is 55.6 Å². The summed E-state index contributed by atoms with van der Waals surface area (Å²) in [7, 11) is 0. The van der Waals surface area contributed by atoms with Gasteiger partial charge < -0.3 is 5.73 Å². The number of nitrogen functional groups attached to an aromatic ring is 1. The molecule has 1 heterocycles. The van der Waals surface area contributed by atoms with Gasteiger partial charge in [-0.2, -0.15) is 31.6 Å². The van der Waals surface area contributed by atoms with Gasteiger partial charge in [-0.05, 0) is 52.2 Å². The number of halogens is 8. The van der Waals surface area contributed by atoms with Crippen LogP contribution in [0.4, 0.5) is 43.5 Å². The van der Waals surface area contributed by atoms with E-state index in [2.05, 4.69) is 47.1 Å². The van der Waals surface area contributed by atoms with Crippen molar-refractivity contribution in [2.24, 2.45) is 10.2 Å². The van der Waals surface area contributed by atoms with Crippen molar-refractivity contribution in [3.05, 3.63) is 78.9 Å². The number of anilines is 1. The van der Waals surface area contributed by atoms with Crippen molar-refractivity contribution in [2.45, 2.75) is 25.7 Å². The highest BCUT2D eigenvalue weighted by Crippen LogP contribution is 2.43. The Kier molecular flexibility index (Phi) is 7.56. The fraction of sp³-hybridized carbons (Fsp3) is 0.182. The van der Waals surface area contributed by atoms with E-state index in [0.29, 0.717) is 0 Å². The van der Waals surface area contributed by atoms with Gasteiger partial charge in [-0.3, -0.25) is 0 Å². The zero-order valence-corrected chi connectivity index (χ0v) is 20.7. The van der Waals surface area contributed by atoms with Crippen molar-refractivity contribution < 1.29 is 26.3 Å². The van der Waals surface area contributed by atoms with Crippen molar-refractivity contribution >= 4 is 49.1 Å². The summed E-state index contributed by atoms with van der Waals surface area (Å²) in [5.41, 5.74) is 3.89. The molecular weight excluding hydrogens is 608 g/mol. The summed E-state index contributed by atoms with van der Waals surface area (Å²) >= 11 is 6.03. The van der Waals surface area contributed by atoms with E-state index in [-0.39, 0.29) is 49.3 Å². The van der Waals surface area contributed by atoms with Crippen LogP contribution in [-0.4, -0.2) is 4.98 Å². The Morgan fingerprint density at radius 2 is 1.66 bits per heavy atom. The molecule has 1 aromatic heterocycles. The maximum Gasteiger partial charge on any atom is 0.418 e. The third kappa shape index (κ3) is 5.99. The van der Waals surface area contributed by atoms with E-state index >= 15 is 0 Å². The monoisotopic (exact) mass is 619 g/mol. The summed E-state index contributed by atoms with van der Waals surface area (Å²) in [6, 6.07) is 8.64.